The molecular weight excluding hydrogens is 368 g/mol. The number of esters is 4. The van der Waals surface area contributed by atoms with Crippen molar-refractivity contribution in [2.24, 2.45) is 23.7 Å². The number of fused-ring (bicyclic) bond motifs is 1. The fourth-order valence-corrected chi connectivity index (χ4v) is 4.62. The molecule has 3 aliphatic rings. The lowest BCUT2D eigenvalue weighted by atomic mass is 9.79. The minimum atomic E-state index is -0.736. The highest BCUT2D eigenvalue weighted by Gasteiger charge is 2.70. The molecule has 0 aromatic heterocycles. The average molecular weight is 396 g/mol. The van der Waals surface area contributed by atoms with Gasteiger partial charge in [0.15, 0.2) is 0 Å². The van der Waals surface area contributed by atoms with Crippen LogP contribution in [-0.4, -0.2) is 48.8 Å². The van der Waals surface area contributed by atoms with E-state index in [-0.39, 0.29) is 61.7 Å². The lowest BCUT2D eigenvalue weighted by Crippen LogP contribution is -2.46. The first kappa shape index (κ1) is 20.6. The van der Waals surface area contributed by atoms with Gasteiger partial charge in [-0.2, -0.15) is 0 Å². The summed E-state index contributed by atoms with van der Waals surface area (Å²) in [6, 6.07) is 0. The number of hydrogen-bond donors (Lipinski definition) is 0. The summed E-state index contributed by atoms with van der Waals surface area (Å²) in [5.41, 5.74) is -0.736. The van der Waals surface area contributed by atoms with Crippen LogP contribution in [0.2, 0.25) is 0 Å². The Morgan fingerprint density at radius 2 is 1.82 bits per heavy atom. The first-order valence-electron chi connectivity index (χ1n) is 10.0. The van der Waals surface area contributed by atoms with Crippen molar-refractivity contribution in [1.29, 1.82) is 0 Å². The van der Waals surface area contributed by atoms with Gasteiger partial charge in [-0.05, 0) is 26.2 Å². The molecule has 8 nitrogen and oxygen atoms in total. The van der Waals surface area contributed by atoms with E-state index in [1.165, 1.54) is 0 Å². The molecule has 3 fully saturated rings. The van der Waals surface area contributed by atoms with Crippen LogP contribution < -0.4 is 0 Å². The average Bonchev–Trinajstić information content (AvgIpc) is 3.26. The Kier molecular flexibility index (Phi) is 5.95. The molecule has 28 heavy (non-hydrogen) atoms. The summed E-state index contributed by atoms with van der Waals surface area (Å²) < 4.78 is 21.1. The fourth-order valence-electron chi connectivity index (χ4n) is 4.62. The molecule has 1 aliphatic heterocycles. The zero-order valence-electron chi connectivity index (χ0n) is 16.6. The quantitative estimate of drug-likeness (QED) is 0.330. The standard InChI is InChI=1S/C20H28O8/c1-4-11(2)18(23)26-8-7-25-15(21)5-6-16(22)27-17-12-9-13-14(10-12)20(17,3)28-19(13)24/h11-14,17H,4-10H2,1-3H3. The third-order valence-electron chi connectivity index (χ3n) is 6.35. The molecule has 2 aliphatic carbocycles. The normalized spacial score (nSPS) is 33.3. The fraction of sp³-hybridized carbons (Fsp3) is 0.800. The molecule has 3 rings (SSSR count). The summed E-state index contributed by atoms with van der Waals surface area (Å²) in [7, 11) is 0. The highest BCUT2D eigenvalue weighted by Crippen LogP contribution is 2.61. The van der Waals surface area contributed by atoms with E-state index in [1.54, 1.807) is 6.92 Å². The van der Waals surface area contributed by atoms with Gasteiger partial charge in [0.2, 0.25) is 0 Å². The minimum absolute atomic E-state index is 0.00457. The van der Waals surface area contributed by atoms with E-state index in [0.717, 1.165) is 6.42 Å². The molecule has 6 atom stereocenters. The van der Waals surface area contributed by atoms with Crippen LogP contribution in [0.15, 0.2) is 0 Å². The molecule has 2 saturated carbocycles. The molecule has 0 aromatic rings. The molecule has 0 amide bonds. The molecular formula is C20H28O8. The van der Waals surface area contributed by atoms with Crippen molar-refractivity contribution in [2.75, 3.05) is 13.2 Å². The van der Waals surface area contributed by atoms with Gasteiger partial charge in [-0.1, -0.05) is 13.8 Å². The SMILES string of the molecule is CCC(C)C(=O)OCCOC(=O)CCC(=O)OC1C2CC3C(=O)OC1(C)C3C2. The molecule has 0 N–H and O–H groups in total. The Morgan fingerprint density at radius 3 is 2.54 bits per heavy atom. The van der Waals surface area contributed by atoms with Crippen LogP contribution in [0.3, 0.4) is 0 Å². The van der Waals surface area contributed by atoms with Crippen LogP contribution in [0.5, 0.6) is 0 Å². The molecule has 0 spiro atoms. The van der Waals surface area contributed by atoms with Crippen molar-refractivity contribution in [3.8, 4) is 0 Å². The van der Waals surface area contributed by atoms with E-state index >= 15 is 0 Å². The van der Waals surface area contributed by atoms with Gasteiger partial charge in [0.05, 0.1) is 24.7 Å². The van der Waals surface area contributed by atoms with Crippen LogP contribution in [0.4, 0.5) is 0 Å². The maximum atomic E-state index is 12.2. The molecule has 0 radical (unpaired) electrons. The summed E-state index contributed by atoms with van der Waals surface area (Å²) in [6.07, 6.45) is 1.56. The highest BCUT2D eigenvalue weighted by molar-refractivity contribution is 5.79. The summed E-state index contributed by atoms with van der Waals surface area (Å²) in [5.74, 6) is -1.56. The number of carbonyl (C=O) groups excluding carboxylic acids is 4. The number of carbonyl (C=O) groups is 4. The molecule has 1 heterocycles. The van der Waals surface area contributed by atoms with Crippen molar-refractivity contribution in [3.63, 3.8) is 0 Å². The molecule has 6 unspecified atom stereocenters. The van der Waals surface area contributed by atoms with E-state index in [0.29, 0.717) is 12.8 Å². The lowest BCUT2D eigenvalue weighted by Gasteiger charge is -2.34. The maximum Gasteiger partial charge on any atom is 0.310 e. The van der Waals surface area contributed by atoms with Crippen molar-refractivity contribution in [2.45, 2.75) is 64.6 Å². The molecule has 8 heteroatoms. The smallest absolute Gasteiger partial charge is 0.310 e. The van der Waals surface area contributed by atoms with E-state index in [2.05, 4.69) is 0 Å². The van der Waals surface area contributed by atoms with Gasteiger partial charge < -0.3 is 18.9 Å². The number of ether oxygens (including phenoxy) is 4. The zero-order valence-corrected chi connectivity index (χ0v) is 16.6. The van der Waals surface area contributed by atoms with Crippen LogP contribution in [0.25, 0.3) is 0 Å². The first-order valence-corrected chi connectivity index (χ1v) is 10.0. The summed E-state index contributed by atoms with van der Waals surface area (Å²) in [4.78, 5) is 47.3. The molecule has 156 valence electrons. The predicted molar refractivity (Wildman–Crippen MR) is 94.7 cm³/mol. The van der Waals surface area contributed by atoms with Crippen molar-refractivity contribution >= 4 is 23.9 Å². The third kappa shape index (κ3) is 3.86. The Bertz CT molecular complexity index is 659. The van der Waals surface area contributed by atoms with E-state index in [9.17, 15) is 19.2 Å². The van der Waals surface area contributed by atoms with Crippen LogP contribution in [-0.2, 0) is 38.1 Å². The second-order valence-electron chi connectivity index (χ2n) is 8.16. The second-order valence-corrected chi connectivity index (χ2v) is 8.16. The van der Waals surface area contributed by atoms with Gasteiger partial charge in [-0.3, -0.25) is 19.2 Å². The molecule has 1 saturated heterocycles. The predicted octanol–water partition coefficient (Wildman–Crippen LogP) is 1.78. The maximum absolute atomic E-state index is 12.2. The Labute approximate surface area is 164 Å². The zero-order chi connectivity index (χ0) is 20.5. The minimum Gasteiger partial charge on any atom is -0.462 e. The van der Waals surface area contributed by atoms with Gasteiger partial charge in [-0.15, -0.1) is 0 Å². The Morgan fingerprint density at radius 1 is 1.14 bits per heavy atom. The largest absolute Gasteiger partial charge is 0.462 e. The summed E-state index contributed by atoms with van der Waals surface area (Å²) in [5, 5.41) is 0. The van der Waals surface area contributed by atoms with Gasteiger partial charge in [0.25, 0.3) is 0 Å². The number of hydrogen-bond acceptors (Lipinski definition) is 8. The third-order valence-corrected chi connectivity index (χ3v) is 6.35. The Hall–Kier alpha value is -2.12. The second kappa shape index (κ2) is 8.09. The van der Waals surface area contributed by atoms with Crippen molar-refractivity contribution in [1.82, 2.24) is 0 Å². The van der Waals surface area contributed by atoms with E-state index < -0.39 is 23.6 Å². The molecule has 0 aromatic carbocycles. The molecule has 2 bridgehead atoms. The van der Waals surface area contributed by atoms with Crippen LogP contribution in [0, 0.1) is 23.7 Å². The monoisotopic (exact) mass is 396 g/mol. The van der Waals surface area contributed by atoms with Crippen molar-refractivity contribution < 1.29 is 38.1 Å². The van der Waals surface area contributed by atoms with Gasteiger partial charge in [-0.25, -0.2) is 0 Å². The van der Waals surface area contributed by atoms with Crippen LogP contribution in [0.1, 0.15) is 52.9 Å². The van der Waals surface area contributed by atoms with Gasteiger partial charge in [0.1, 0.15) is 24.9 Å². The van der Waals surface area contributed by atoms with Crippen LogP contribution >= 0.6 is 0 Å². The summed E-state index contributed by atoms with van der Waals surface area (Å²) in [6.45, 7) is 5.44. The summed E-state index contributed by atoms with van der Waals surface area (Å²) >= 11 is 0. The van der Waals surface area contributed by atoms with Gasteiger partial charge in [0, 0.05) is 11.8 Å². The van der Waals surface area contributed by atoms with Gasteiger partial charge >= 0.3 is 23.9 Å². The highest BCUT2D eigenvalue weighted by atomic mass is 16.6. The van der Waals surface area contributed by atoms with Crippen molar-refractivity contribution in [3.05, 3.63) is 0 Å². The topological polar surface area (TPSA) is 105 Å². The van der Waals surface area contributed by atoms with E-state index in [1.807, 2.05) is 13.8 Å². The Balaban J connectivity index is 1.34. The number of rotatable bonds is 9. The lowest BCUT2D eigenvalue weighted by molar-refractivity contribution is -0.175. The first-order chi connectivity index (χ1) is 13.3. The van der Waals surface area contributed by atoms with E-state index in [4.69, 9.17) is 18.9 Å².